The Balaban J connectivity index is 1.70. The van der Waals surface area contributed by atoms with Crippen LogP contribution in [0.1, 0.15) is 33.5 Å². The molecule has 1 aliphatic rings. The van der Waals surface area contributed by atoms with Crippen LogP contribution in [-0.2, 0) is 16.9 Å². The molecule has 0 saturated carbocycles. The molecule has 152 valence electrons. The van der Waals surface area contributed by atoms with E-state index in [0.717, 1.165) is 11.1 Å². The highest BCUT2D eigenvalue weighted by molar-refractivity contribution is 9.10. The van der Waals surface area contributed by atoms with Crippen LogP contribution in [0.5, 0.6) is 0 Å². The topological polar surface area (TPSA) is 57.6 Å². The van der Waals surface area contributed by atoms with Crippen molar-refractivity contribution in [2.24, 2.45) is 0 Å². The normalized spacial score (nSPS) is 17.9. The lowest BCUT2D eigenvalue weighted by Crippen LogP contribution is -2.41. The summed E-state index contributed by atoms with van der Waals surface area (Å²) in [5.74, 6) is -1.44. The molecule has 3 aromatic rings. The largest absolute Gasteiger partial charge is 0.375 e. The third-order valence-electron chi connectivity index (χ3n) is 5.34. The molecule has 30 heavy (non-hydrogen) atoms. The van der Waals surface area contributed by atoms with E-state index in [2.05, 4.69) is 15.9 Å². The molecule has 1 amide bonds. The highest BCUT2D eigenvalue weighted by atomic mass is 79.9. The number of nitrogens with zero attached hydrogens (tertiary/aromatic N) is 1. The van der Waals surface area contributed by atoms with Crippen molar-refractivity contribution in [2.75, 3.05) is 4.90 Å². The van der Waals surface area contributed by atoms with Gasteiger partial charge < -0.3 is 10.0 Å². The summed E-state index contributed by atoms with van der Waals surface area (Å²) in [7, 11) is 0. The quantitative estimate of drug-likeness (QED) is 0.542. The number of ketones is 1. The number of anilines is 1. The summed E-state index contributed by atoms with van der Waals surface area (Å²) in [4.78, 5) is 27.6. The first-order valence-corrected chi connectivity index (χ1v) is 10.3. The van der Waals surface area contributed by atoms with Crippen LogP contribution in [0.4, 0.5) is 10.1 Å². The lowest BCUT2D eigenvalue weighted by Gasteiger charge is -2.23. The van der Waals surface area contributed by atoms with E-state index in [4.69, 9.17) is 0 Å². The van der Waals surface area contributed by atoms with Crippen molar-refractivity contribution < 1.29 is 19.1 Å². The molecule has 3 aromatic carbocycles. The minimum atomic E-state index is -1.99. The van der Waals surface area contributed by atoms with Crippen molar-refractivity contribution in [3.63, 3.8) is 0 Å². The summed E-state index contributed by atoms with van der Waals surface area (Å²) in [6.07, 6.45) is -0.425. The lowest BCUT2D eigenvalue weighted by molar-refractivity contribution is -0.136. The van der Waals surface area contributed by atoms with Crippen molar-refractivity contribution in [2.45, 2.75) is 25.5 Å². The Morgan fingerprint density at radius 1 is 1.07 bits per heavy atom. The molecular formula is C24H19BrFNO3. The van der Waals surface area contributed by atoms with Gasteiger partial charge in [0.25, 0.3) is 5.91 Å². The first-order valence-electron chi connectivity index (χ1n) is 9.46. The minimum absolute atomic E-state index is 0.242. The number of carbonyl (C=O) groups is 2. The van der Waals surface area contributed by atoms with Crippen LogP contribution in [0.3, 0.4) is 0 Å². The molecule has 1 N–H and O–H groups in total. The van der Waals surface area contributed by atoms with Crippen LogP contribution >= 0.6 is 15.9 Å². The third-order valence-corrected chi connectivity index (χ3v) is 5.83. The lowest BCUT2D eigenvalue weighted by atomic mass is 9.88. The second-order valence-electron chi connectivity index (χ2n) is 7.51. The molecule has 0 saturated heterocycles. The Bertz CT molecular complexity index is 1130. The fraction of sp³-hybridized carbons (Fsp3) is 0.167. The van der Waals surface area contributed by atoms with Crippen LogP contribution in [0.2, 0.25) is 0 Å². The van der Waals surface area contributed by atoms with E-state index < -0.39 is 29.5 Å². The van der Waals surface area contributed by atoms with Gasteiger partial charge in [0.15, 0.2) is 11.4 Å². The van der Waals surface area contributed by atoms with Gasteiger partial charge in [0.05, 0.1) is 18.7 Å². The van der Waals surface area contributed by atoms with E-state index in [1.165, 1.54) is 29.2 Å². The van der Waals surface area contributed by atoms with Gasteiger partial charge in [0.2, 0.25) is 0 Å². The van der Waals surface area contributed by atoms with E-state index >= 15 is 0 Å². The minimum Gasteiger partial charge on any atom is -0.375 e. The van der Waals surface area contributed by atoms with Gasteiger partial charge in [-0.05, 0) is 55.0 Å². The summed E-state index contributed by atoms with van der Waals surface area (Å²) >= 11 is 3.38. The molecule has 4 rings (SSSR count). The predicted molar refractivity (Wildman–Crippen MR) is 116 cm³/mol. The molecule has 0 fully saturated rings. The molecule has 1 heterocycles. The van der Waals surface area contributed by atoms with Crippen molar-refractivity contribution in [1.29, 1.82) is 0 Å². The number of rotatable bonds is 5. The molecule has 0 aliphatic carbocycles. The third kappa shape index (κ3) is 3.68. The molecule has 0 spiro atoms. The number of aryl methyl sites for hydroxylation is 1. The molecule has 1 aliphatic heterocycles. The molecule has 6 heteroatoms. The van der Waals surface area contributed by atoms with Crippen LogP contribution in [0.15, 0.2) is 71.2 Å². The molecule has 0 bridgehead atoms. The average molecular weight is 468 g/mol. The Kier molecular flexibility index (Phi) is 5.30. The molecule has 1 atom stereocenters. The van der Waals surface area contributed by atoms with E-state index in [1.807, 2.05) is 31.2 Å². The molecule has 0 aromatic heterocycles. The van der Waals surface area contributed by atoms with Gasteiger partial charge in [-0.25, -0.2) is 4.39 Å². The first kappa shape index (κ1) is 20.4. The van der Waals surface area contributed by atoms with E-state index in [0.29, 0.717) is 15.7 Å². The number of carbonyl (C=O) groups excluding carboxylic acids is 2. The Labute approximate surface area is 182 Å². The van der Waals surface area contributed by atoms with Gasteiger partial charge in [-0.1, -0.05) is 45.8 Å². The van der Waals surface area contributed by atoms with Gasteiger partial charge in [-0.3, -0.25) is 9.59 Å². The highest BCUT2D eigenvalue weighted by Crippen LogP contribution is 2.44. The summed E-state index contributed by atoms with van der Waals surface area (Å²) in [6.45, 7) is 2.26. The second-order valence-corrected chi connectivity index (χ2v) is 8.42. The summed E-state index contributed by atoms with van der Waals surface area (Å²) in [5.41, 5.74) is 1.22. The van der Waals surface area contributed by atoms with Gasteiger partial charge in [0, 0.05) is 15.6 Å². The van der Waals surface area contributed by atoms with Crippen LogP contribution in [0.25, 0.3) is 0 Å². The van der Waals surface area contributed by atoms with E-state index in [9.17, 15) is 19.1 Å². The maximum Gasteiger partial charge on any atom is 0.264 e. The van der Waals surface area contributed by atoms with Crippen molar-refractivity contribution in [3.05, 3.63) is 99.3 Å². The number of benzene rings is 3. The molecule has 4 nitrogen and oxygen atoms in total. The maximum atomic E-state index is 13.3. The van der Waals surface area contributed by atoms with Gasteiger partial charge in [-0.2, -0.15) is 0 Å². The van der Waals surface area contributed by atoms with Crippen LogP contribution in [-0.4, -0.2) is 16.8 Å². The standard InChI is InChI=1S/C24H19BrFNO3/c1-15-2-4-16(5-3-15)14-27-21-11-8-18(25)12-20(21)24(30,23(27)29)13-22(28)17-6-9-19(26)10-7-17/h2-12,30H,13-14H2,1H3/t24-/m1/s1. The molecular weight excluding hydrogens is 449 g/mol. The summed E-state index contributed by atoms with van der Waals surface area (Å²) in [5, 5.41) is 11.4. The van der Waals surface area contributed by atoms with E-state index in [1.54, 1.807) is 18.2 Å². The zero-order valence-electron chi connectivity index (χ0n) is 16.2. The van der Waals surface area contributed by atoms with Gasteiger partial charge >= 0.3 is 0 Å². The number of fused-ring (bicyclic) bond motifs is 1. The van der Waals surface area contributed by atoms with Crippen molar-refractivity contribution in [1.82, 2.24) is 0 Å². The Morgan fingerprint density at radius 3 is 2.40 bits per heavy atom. The van der Waals surface area contributed by atoms with Gasteiger partial charge in [0.1, 0.15) is 5.82 Å². The zero-order valence-corrected chi connectivity index (χ0v) is 17.8. The second kappa shape index (κ2) is 7.78. The predicted octanol–water partition coefficient (Wildman–Crippen LogP) is 4.90. The number of amides is 1. The number of aliphatic hydroxyl groups is 1. The number of hydrogen-bond acceptors (Lipinski definition) is 3. The zero-order chi connectivity index (χ0) is 21.5. The Hall–Kier alpha value is -2.83. The highest BCUT2D eigenvalue weighted by Gasteiger charge is 2.51. The number of Topliss-reactive ketones (excluding diaryl/α,β-unsaturated/α-hetero) is 1. The first-order chi connectivity index (χ1) is 14.3. The summed E-state index contributed by atoms with van der Waals surface area (Å²) in [6, 6.07) is 18.1. The fourth-order valence-electron chi connectivity index (χ4n) is 3.70. The SMILES string of the molecule is Cc1ccc(CN2C(=O)[C@@](O)(CC(=O)c3ccc(F)cc3)c3cc(Br)ccc32)cc1. The van der Waals surface area contributed by atoms with Crippen LogP contribution in [0, 0.1) is 12.7 Å². The Morgan fingerprint density at radius 2 is 1.73 bits per heavy atom. The number of halogens is 2. The smallest absolute Gasteiger partial charge is 0.264 e. The molecule has 0 radical (unpaired) electrons. The molecule has 0 unspecified atom stereocenters. The van der Waals surface area contributed by atoms with Crippen LogP contribution < -0.4 is 4.90 Å². The summed E-state index contributed by atoms with van der Waals surface area (Å²) < 4.78 is 13.9. The average Bonchev–Trinajstić information content (AvgIpc) is 2.91. The van der Waals surface area contributed by atoms with E-state index in [-0.39, 0.29) is 12.1 Å². The maximum absolute atomic E-state index is 13.3. The van der Waals surface area contributed by atoms with Crippen molar-refractivity contribution in [3.8, 4) is 0 Å². The van der Waals surface area contributed by atoms with Crippen molar-refractivity contribution >= 4 is 33.3 Å². The number of hydrogen-bond donors (Lipinski definition) is 1. The van der Waals surface area contributed by atoms with Gasteiger partial charge in [-0.15, -0.1) is 0 Å². The monoisotopic (exact) mass is 467 g/mol. The fourth-order valence-corrected chi connectivity index (χ4v) is 4.06.